The first kappa shape index (κ1) is 12.6. The maximum absolute atomic E-state index is 10.9. The Bertz CT molecular complexity index is 157. The van der Waals surface area contributed by atoms with Gasteiger partial charge in [-0.05, 0) is 18.6 Å². The highest BCUT2D eigenvalue weighted by molar-refractivity contribution is 7.99. The molecule has 0 aromatic rings. The molecular weight excluding hydrogens is 184 g/mol. The monoisotopic (exact) mass is 202 g/mol. The fourth-order valence-electron chi connectivity index (χ4n) is 0.889. The van der Waals surface area contributed by atoms with Gasteiger partial charge in [0.15, 0.2) is 0 Å². The molecule has 0 bridgehead atoms. The van der Waals surface area contributed by atoms with Gasteiger partial charge in [0.25, 0.3) is 0 Å². The van der Waals surface area contributed by atoms with Crippen molar-refractivity contribution in [2.75, 3.05) is 12.9 Å². The first-order valence-electron chi connectivity index (χ1n) is 4.50. The van der Waals surface area contributed by atoms with Gasteiger partial charge in [-0.15, -0.1) is 6.58 Å². The maximum atomic E-state index is 10.9. The molecule has 0 saturated heterocycles. The molecule has 0 aliphatic carbocycles. The maximum Gasteiger partial charge on any atom is 0.306 e. The van der Waals surface area contributed by atoms with Crippen LogP contribution in [0.1, 0.15) is 26.2 Å². The minimum absolute atomic E-state index is 0.122. The van der Waals surface area contributed by atoms with Gasteiger partial charge in [-0.3, -0.25) is 4.79 Å². The van der Waals surface area contributed by atoms with E-state index in [4.69, 9.17) is 0 Å². The lowest BCUT2D eigenvalue weighted by atomic mass is 10.3. The van der Waals surface area contributed by atoms with Crippen LogP contribution in [0.2, 0.25) is 0 Å². The van der Waals surface area contributed by atoms with Crippen molar-refractivity contribution in [2.24, 2.45) is 0 Å². The number of esters is 1. The predicted octanol–water partition coefficient (Wildman–Crippen LogP) is 2.64. The zero-order valence-corrected chi connectivity index (χ0v) is 9.23. The minimum atomic E-state index is -0.122. The van der Waals surface area contributed by atoms with Crippen LogP contribution in [0.25, 0.3) is 0 Å². The summed E-state index contributed by atoms with van der Waals surface area (Å²) in [5, 5.41) is 0.359. The molecule has 0 N–H and O–H groups in total. The minimum Gasteiger partial charge on any atom is -0.469 e. The van der Waals surface area contributed by atoms with E-state index in [1.807, 2.05) is 17.8 Å². The lowest BCUT2D eigenvalue weighted by molar-refractivity contribution is -0.140. The van der Waals surface area contributed by atoms with E-state index in [0.29, 0.717) is 11.7 Å². The summed E-state index contributed by atoms with van der Waals surface area (Å²) in [5.41, 5.74) is 0. The van der Waals surface area contributed by atoms with Crippen molar-refractivity contribution in [1.29, 1.82) is 0 Å². The third kappa shape index (κ3) is 7.91. The summed E-state index contributed by atoms with van der Waals surface area (Å²) in [6.07, 6.45) is 4.62. The predicted molar refractivity (Wildman–Crippen MR) is 58.0 cm³/mol. The zero-order valence-electron chi connectivity index (χ0n) is 8.41. The Morgan fingerprint density at radius 2 is 2.38 bits per heavy atom. The van der Waals surface area contributed by atoms with E-state index in [9.17, 15) is 4.79 Å². The molecule has 0 aromatic heterocycles. The van der Waals surface area contributed by atoms with Crippen LogP contribution in [0.15, 0.2) is 12.7 Å². The van der Waals surface area contributed by atoms with Gasteiger partial charge in [0.1, 0.15) is 0 Å². The fourth-order valence-corrected chi connectivity index (χ4v) is 1.88. The third-order valence-corrected chi connectivity index (χ3v) is 2.90. The number of allylic oxidation sites excluding steroid dienone is 1. The number of ether oxygens (including phenoxy) is 1. The Balaban J connectivity index is 3.34. The molecule has 13 heavy (non-hydrogen) atoms. The first-order valence-corrected chi connectivity index (χ1v) is 5.55. The Labute approximate surface area is 84.7 Å². The SMILES string of the molecule is C=CCCCSC(C)CC(=O)OC. The summed E-state index contributed by atoms with van der Waals surface area (Å²) < 4.78 is 4.58. The van der Waals surface area contributed by atoms with Gasteiger partial charge in [0.05, 0.1) is 13.5 Å². The van der Waals surface area contributed by atoms with Gasteiger partial charge in [-0.2, -0.15) is 11.8 Å². The van der Waals surface area contributed by atoms with Crippen molar-refractivity contribution in [1.82, 2.24) is 0 Å². The van der Waals surface area contributed by atoms with Crippen LogP contribution in [0.4, 0.5) is 0 Å². The van der Waals surface area contributed by atoms with Gasteiger partial charge in [-0.25, -0.2) is 0 Å². The molecule has 0 spiro atoms. The number of thioether (sulfide) groups is 1. The number of carbonyl (C=O) groups excluding carboxylic acids is 1. The molecule has 3 heteroatoms. The largest absolute Gasteiger partial charge is 0.469 e. The molecule has 0 aromatic carbocycles. The summed E-state index contributed by atoms with van der Waals surface area (Å²) in [4.78, 5) is 10.9. The highest BCUT2D eigenvalue weighted by atomic mass is 32.2. The third-order valence-electron chi connectivity index (χ3n) is 1.64. The second kappa shape index (κ2) is 8.17. The quantitative estimate of drug-likeness (QED) is 0.360. The molecule has 0 rings (SSSR count). The molecule has 2 nitrogen and oxygen atoms in total. The number of hydrogen-bond acceptors (Lipinski definition) is 3. The number of hydrogen-bond donors (Lipinski definition) is 0. The number of methoxy groups -OCH3 is 1. The van der Waals surface area contributed by atoms with E-state index >= 15 is 0 Å². The summed E-state index contributed by atoms with van der Waals surface area (Å²) in [7, 11) is 1.43. The van der Waals surface area contributed by atoms with Crippen molar-refractivity contribution in [3.63, 3.8) is 0 Å². The Morgan fingerprint density at radius 3 is 2.92 bits per heavy atom. The highest BCUT2D eigenvalue weighted by Gasteiger charge is 2.08. The number of carbonyl (C=O) groups is 1. The van der Waals surface area contributed by atoms with Gasteiger partial charge in [0, 0.05) is 5.25 Å². The van der Waals surface area contributed by atoms with E-state index in [1.54, 1.807) is 0 Å². The van der Waals surface area contributed by atoms with Crippen molar-refractivity contribution >= 4 is 17.7 Å². The molecule has 1 atom stereocenters. The summed E-state index contributed by atoms with van der Waals surface area (Å²) in [6, 6.07) is 0. The topological polar surface area (TPSA) is 26.3 Å². The van der Waals surface area contributed by atoms with Gasteiger partial charge in [0.2, 0.25) is 0 Å². The summed E-state index contributed by atoms with van der Waals surface area (Å²) >= 11 is 1.81. The van der Waals surface area contributed by atoms with Crippen LogP contribution in [0.3, 0.4) is 0 Å². The van der Waals surface area contributed by atoms with Crippen molar-refractivity contribution in [2.45, 2.75) is 31.4 Å². The summed E-state index contributed by atoms with van der Waals surface area (Å²) in [5.74, 6) is 0.966. The average molecular weight is 202 g/mol. The summed E-state index contributed by atoms with van der Waals surface area (Å²) in [6.45, 7) is 5.71. The molecule has 1 unspecified atom stereocenters. The van der Waals surface area contributed by atoms with Gasteiger partial charge < -0.3 is 4.74 Å². The van der Waals surface area contributed by atoms with E-state index in [0.717, 1.165) is 18.6 Å². The molecule has 0 aliphatic rings. The first-order chi connectivity index (χ1) is 6.20. The van der Waals surface area contributed by atoms with Crippen molar-refractivity contribution < 1.29 is 9.53 Å². The second-order valence-electron chi connectivity index (χ2n) is 2.89. The number of unbranched alkanes of at least 4 members (excludes halogenated alkanes) is 1. The molecule has 0 aliphatic heterocycles. The Kier molecular flexibility index (Phi) is 7.90. The molecule has 76 valence electrons. The molecule has 0 radical (unpaired) electrons. The van der Waals surface area contributed by atoms with Crippen LogP contribution in [0, 0.1) is 0 Å². The highest BCUT2D eigenvalue weighted by Crippen LogP contribution is 2.16. The zero-order chi connectivity index (χ0) is 10.1. The van der Waals surface area contributed by atoms with Crippen LogP contribution in [0.5, 0.6) is 0 Å². The molecule has 0 fully saturated rings. The van der Waals surface area contributed by atoms with E-state index in [-0.39, 0.29) is 5.97 Å². The molecule has 0 heterocycles. The lowest BCUT2D eigenvalue weighted by Gasteiger charge is -2.08. The van der Waals surface area contributed by atoms with E-state index in [2.05, 4.69) is 18.2 Å². The normalized spacial score (nSPS) is 12.2. The second-order valence-corrected chi connectivity index (χ2v) is 4.44. The average Bonchev–Trinajstić information content (AvgIpc) is 2.12. The lowest BCUT2D eigenvalue weighted by Crippen LogP contribution is -2.08. The molecule has 0 saturated carbocycles. The van der Waals surface area contributed by atoms with Crippen molar-refractivity contribution in [3.05, 3.63) is 12.7 Å². The fraction of sp³-hybridized carbons (Fsp3) is 0.700. The molecular formula is C10H18O2S. The van der Waals surface area contributed by atoms with Crippen molar-refractivity contribution in [3.8, 4) is 0 Å². The molecule has 0 amide bonds. The van der Waals surface area contributed by atoms with Gasteiger partial charge in [-0.1, -0.05) is 13.0 Å². The van der Waals surface area contributed by atoms with Crippen LogP contribution < -0.4 is 0 Å². The standard InChI is InChI=1S/C10H18O2S/c1-4-5-6-7-13-9(2)8-10(11)12-3/h4,9H,1,5-8H2,2-3H3. The van der Waals surface area contributed by atoms with Gasteiger partial charge >= 0.3 is 5.97 Å². The van der Waals surface area contributed by atoms with Crippen LogP contribution in [-0.2, 0) is 9.53 Å². The van der Waals surface area contributed by atoms with E-state index in [1.165, 1.54) is 7.11 Å². The smallest absolute Gasteiger partial charge is 0.306 e. The van der Waals surface area contributed by atoms with Crippen LogP contribution in [-0.4, -0.2) is 24.1 Å². The Morgan fingerprint density at radius 1 is 1.69 bits per heavy atom. The Hall–Kier alpha value is -0.440. The van der Waals surface area contributed by atoms with Crippen LogP contribution >= 0.6 is 11.8 Å². The van der Waals surface area contributed by atoms with E-state index < -0.39 is 0 Å². The number of rotatable bonds is 7.